The maximum Gasteiger partial charge on any atom is 0.192 e. The molecule has 2 heteroatoms. The first-order valence-corrected chi connectivity index (χ1v) is 10.6. The Morgan fingerprint density at radius 3 is 2.35 bits per heavy atom. The van der Waals surface area contributed by atoms with Gasteiger partial charge >= 0.3 is 0 Å². The molecule has 20 heavy (non-hydrogen) atoms. The lowest BCUT2D eigenvalue weighted by Gasteiger charge is -2.46. The van der Waals surface area contributed by atoms with Crippen LogP contribution in [0.4, 0.5) is 0 Å². The van der Waals surface area contributed by atoms with E-state index in [9.17, 15) is 0 Å². The van der Waals surface area contributed by atoms with Crippen LogP contribution >= 0.6 is 0 Å². The molecular weight excluding hydrogens is 260 g/mol. The van der Waals surface area contributed by atoms with Crippen LogP contribution in [0, 0.1) is 23.2 Å². The van der Waals surface area contributed by atoms with Crippen LogP contribution in [-0.4, -0.2) is 14.4 Å². The standard InChI is InChI=1S/C18H32OSi/c1-10-13-18(7)15(12-14-17(18,6)11-2)19-20(8,9)16(3,4)5/h2,10,15H,1,12-14H2,3-9H3/t15-,17+,18-/m1/s1. The molecule has 1 nitrogen and oxygen atoms in total. The quantitative estimate of drug-likeness (QED) is 0.383. The van der Waals surface area contributed by atoms with E-state index >= 15 is 0 Å². The molecule has 0 radical (unpaired) electrons. The summed E-state index contributed by atoms with van der Waals surface area (Å²) in [5.74, 6) is 3.06. The molecule has 0 spiro atoms. The second-order valence-electron chi connectivity index (χ2n) is 8.29. The van der Waals surface area contributed by atoms with Crippen molar-refractivity contribution in [2.75, 3.05) is 0 Å². The molecule has 0 bridgehead atoms. The predicted molar refractivity (Wildman–Crippen MR) is 91.2 cm³/mol. The van der Waals surface area contributed by atoms with E-state index in [1.54, 1.807) is 0 Å². The number of allylic oxidation sites excluding steroid dienone is 1. The first-order chi connectivity index (χ1) is 8.93. The van der Waals surface area contributed by atoms with Gasteiger partial charge in [0.1, 0.15) is 0 Å². The largest absolute Gasteiger partial charge is 0.413 e. The maximum atomic E-state index is 6.72. The second kappa shape index (κ2) is 5.35. The number of hydrogen-bond acceptors (Lipinski definition) is 1. The van der Waals surface area contributed by atoms with Crippen molar-refractivity contribution in [3.05, 3.63) is 12.7 Å². The van der Waals surface area contributed by atoms with Gasteiger partial charge < -0.3 is 4.43 Å². The fourth-order valence-corrected chi connectivity index (χ4v) is 4.44. The minimum Gasteiger partial charge on any atom is -0.413 e. The highest BCUT2D eigenvalue weighted by Crippen LogP contribution is 2.57. The number of rotatable bonds is 4. The molecule has 1 saturated carbocycles. The lowest BCUT2D eigenvalue weighted by molar-refractivity contribution is 0.0324. The van der Waals surface area contributed by atoms with Gasteiger partial charge in [0.25, 0.3) is 0 Å². The Hall–Kier alpha value is -0.523. The van der Waals surface area contributed by atoms with Gasteiger partial charge in [-0.25, -0.2) is 0 Å². The van der Waals surface area contributed by atoms with Gasteiger partial charge in [-0.1, -0.05) is 39.7 Å². The lowest BCUT2D eigenvalue weighted by Crippen LogP contribution is -2.49. The Balaban J connectivity index is 3.08. The minimum atomic E-state index is -1.77. The van der Waals surface area contributed by atoms with Crippen molar-refractivity contribution in [3.8, 4) is 12.3 Å². The van der Waals surface area contributed by atoms with Crippen LogP contribution in [-0.2, 0) is 4.43 Å². The van der Waals surface area contributed by atoms with E-state index in [0.29, 0.717) is 0 Å². The van der Waals surface area contributed by atoms with Gasteiger partial charge in [-0.3, -0.25) is 0 Å². The van der Waals surface area contributed by atoms with Gasteiger partial charge in [-0.15, -0.1) is 13.0 Å². The molecule has 0 unspecified atom stereocenters. The molecule has 1 fully saturated rings. The smallest absolute Gasteiger partial charge is 0.192 e. The van der Waals surface area contributed by atoms with Crippen molar-refractivity contribution in [1.82, 2.24) is 0 Å². The highest BCUT2D eigenvalue weighted by Gasteiger charge is 2.55. The third kappa shape index (κ3) is 2.76. The highest BCUT2D eigenvalue weighted by atomic mass is 28.4. The molecular formula is C18H32OSi. The van der Waals surface area contributed by atoms with Gasteiger partial charge in [0.2, 0.25) is 0 Å². The summed E-state index contributed by atoms with van der Waals surface area (Å²) in [6, 6.07) is 0. The van der Waals surface area contributed by atoms with Gasteiger partial charge in [-0.2, -0.15) is 0 Å². The predicted octanol–water partition coefficient (Wildman–Crippen LogP) is 5.39. The van der Waals surface area contributed by atoms with E-state index in [2.05, 4.69) is 60.2 Å². The average molecular weight is 293 g/mol. The third-order valence-corrected chi connectivity index (χ3v) is 10.5. The summed E-state index contributed by atoms with van der Waals surface area (Å²) in [6.45, 7) is 20.0. The molecule has 0 aromatic heterocycles. The Morgan fingerprint density at radius 1 is 1.40 bits per heavy atom. The van der Waals surface area contributed by atoms with Crippen LogP contribution in [0.15, 0.2) is 12.7 Å². The number of terminal acetylenes is 1. The zero-order valence-corrected chi connectivity index (χ0v) is 15.5. The first-order valence-electron chi connectivity index (χ1n) is 7.70. The third-order valence-electron chi connectivity index (χ3n) is 6.01. The molecule has 114 valence electrons. The molecule has 1 aliphatic rings. The van der Waals surface area contributed by atoms with Crippen molar-refractivity contribution >= 4 is 8.32 Å². The molecule has 0 saturated heterocycles. The molecule has 0 aromatic carbocycles. The molecule has 3 atom stereocenters. The first kappa shape index (κ1) is 17.5. The molecule has 1 aliphatic carbocycles. The van der Waals surface area contributed by atoms with E-state index in [-0.39, 0.29) is 22.0 Å². The zero-order chi connectivity index (χ0) is 15.8. The van der Waals surface area contributed by atoms with Crippen LogP contribution in [0.3, 0.4) is 0 Å². The van der Waals surface area contributed by atoms with E-state index in [4.69, 9.17) is 10.8 Å². The van der Waals surface area contributed by atoms with Crippen molar-refractivity contribution < 1.29 is 4.43 Å². The normalized spacial score (nSPS) is 34.8. The monoisotopic (exact) mass is 292 g/mol. The summed E-state index contributed by atoms with van der Waals surface area (Å²) in [5.41, 5.74) is -0.0900. The lowest BCUT2D eigenvalue weighted by atomic mass is 9.66. The molecule has 0 aromatic rings. The average Bonchev–Trinajstić information content (AvgIpc) is 2.53. The zero-order valence-electron chi connectivity index (χ0n) is 14.5. The van der Waals surface area contributed by atoms with Crippen LogP contribution in [0.5, 0.6) is 0 Å². The summed E-state index contributed by atoms with van der Waals surface area (Å²) >= 11 is 0. The van der Waals surface area contributed by atoms with Gasteiger partial charge in [0.05, 0.1) is 6.10 Å². The van der Waals surface area contributed by atoms with Crippen molar-refractivity contribution in [2.45, 2.75) is 78.1 Å². The Morgan fingerprint density at radius 2 is 1.95 bits per heavy atom. The Labute approximate surface area is 127 Å². The minimum absolute atomic E-state index is 0.000972. The van der Waals surface area contributed by atoms with Crippen LogP contribution < -0.4 is 0 Å². The fraction of sp³-hybridized carbons (Fsp3) is 0.778. The van der Waals surface area contributed by atoms with E-state index in [0.717, 1.165) is 19.3 Å². The summed E-state index contributed by atoms with van der Waals surface area (Å²) in [4.78, 5) is 0. The van der Waals surface area contributed by atoms with Crippen LogP contribution in [0.2, 0.25) is 18.1 Å². The Kier molecular flexibility index (Phi) is 4.69. The molecule has 1 rings (SSSR count). The van der Waals surface area contributed by atoms with E-state index in [1.807, 2.05) is 6.08 Å². The molecule has 0 heterocycles. The molecule has 0 amide bonds. The van der Waals surface area contributed by atoms with Crippen molar-refractivity contribution in [3.63, 3.8) is 0 Å². The SMILES string of the molecule is C#C[C@@]1(C)CC[C@@H](O[Si](C)(C)C(C)(C)C)[C@@]1(C)CC=C. The van der Waals surface area contributed by atoms with Crippen LogP contribution in [0.25, 0.3) is 0 Å². The van der Waals surface area contributed by atoms with E-state index in [1.165, 1.54) is 0 Å². The molecule has 0 aliphatic heterocycles. The summed E-state index contributed by atoms with van der Waals surface area (Å²) in [7, 11) is -1.77. The molecule has 0 N–H and O–H groups in total. The number of hydrogen-bond donors (Lipinski definition) is 0. The summed E-state index contributed by atoms with van der Waals surface area (Å²) in [6.07, 6.45) is 11.2. The van der Waals surface area contributed by atoms with Crippen molar-refractivity contribution in [2.24, 2.45) is 10.8 Å². The Bertz CT molecular complexity index is 412. The van der Waals surface area contributed by atoms with Gasteiger partial charge in [-0.05, 0) is 44.3 Å². The maximum absolute atomic E-state index is 6.72. The second-order valence-corrected chi connectivity index (χ2v) is 13.0. The summed E-state index contributed by atoms with van der Waals surface area (Å²) in [5, 5.41) is 0.233. The van der Waals surface area contributed by atoms with Gasteiger partial charge in [0.15, 0.2) is 8.32 Å². The topological polar surface area (TPSA) is 9.23 Å². The van der Waals surface area contributed by atoms with Crippen molar-refractivity contribution in [1.29, 1.82) is 0 Å². The van der Waals surface area contributed by atoms with E-state index < -0.39 is 8.32 Å². The van der Waals surface area contributed by atoms with Gasteiger partial charge in [0, 0.05) is 10.8 Å². The van der Waals surface area contributed by atoms with Crippen LogP contribution in [0.1, 0.15) is 53.9 Å². The fourth-order valence-electron chi connectivity index (χ4n) is 2.99. The summed E-state index contributed by atoms with van der Waals surface area (Å²) < 4.78 is 6.72. The highest BCUT2D eigenvalue weighted by molar-refractivity contribution is 6.74.